The summed E-state index contributed by atoms with van der Waals surface area (Å²) in [6, 6.07) is 0. The lowest BCUT2D eigenvalue weighted by Gasteiger charge is -2.27. The number of halogens is 2. The Morgan fingerprint density at radius 3 is 3.00 bits per heavy atom. The van der Waals surface area contributed by atoms with Crippen LogP contribution in [0.25, 0.3) is 0 Å². The third-order valence-corrected chi connectivity index (χ3v) is 1.62. The molecule has 0 aromatic heterocycles. The van der Waals surface area contributed by atoms with Crippen molar-refractivity contribution in [1.29, 1.82) is 0 Å². The van der Waals surface area contributed by atoms with Crippen molar-refractivity contribution < 1.29 is 4.84 Å². The highest BCUT2D eigenvalue weighted by molar-refractivity contribution is 6.30. The Morgan fingerprint density at radius 1 is 1.67 bits per heavy atom. The zero-order valence-electron chi connectivity index (χ0n) is 6.57. The molecule has 0 N–H and O–H groups in total. The quantitative estimate of drug-likeness (QED) is 0.527. The van der Waals surface area contributed by atoms with E-state index in [1.54, 1.807) is 6.08 Å². The molecule has 0 saturated heterocycles. The number of hydroxylamine groups is 1. The fourth-order valence-electron chi connectivity index (χ4n) is 0.626. The topological polar surface area (TPSA) is 28.1 Å². The first-order chi connectivity index (χ1) is 5.75. The van der Waals surface area contributed by atoms with Gasteiger partial charge in [0.25, 0.3) is 0 Å². The van der Waals surface area contributed by atoms with Crippen LogP contribution in [0, 0.1) is 0 Å². The smallest absolute Gasteiger partial charge is 0.158 e. The number of hydrazone groups is 1. The van der Waals surface area contributed by atoms with Crippen molar-refractivity contribution in [1.82, 2.24) is 9.81 Å². The van der Waals surface area contributed by atoms with Crippen LogP contribution in [0.3, 0.4) is 0 Å². The van der Waals surface area contributed by atoms with Gasteiger partial charge in [-0.25, -0.2) is 0 Å². The molecule has 6 heteroatoms. The molecule has 1 heterocycles. The van der Waals surface area contributed by atoms with Crippen LogP contribution in [0.5, 0.6) is 0 Å². The minimum absolute atomic E-state index is 0.383. The Labute approximate surface area is 81.0 Å². The van der Waals surface area contributed by atoms with Gasteiger partial charge in [0.05, 0.1) is 24.6 Å². The van der Waals surface area contributed by atoms with Gasteiger partial charge in [-0.2, -0.15) is 0 Å². The summed E-state index contributed by atoms with van der Waals surface area (Å²) >= 11 is 11.4. The summed E-state index contributed by atoms with van der Waals surface area (Å²) in [5.41, 5.74) is 0. The maximum atomic E-state index is 5.76. The lowest BCUT2D eigenvalue weighted by molar-refractivity contribution is -0.219. The molecule has 1 rings (SSSR count). The minimum Gasteiger partial charge on any atom is -0.250 e. The molecule has 0 aromatic rings. The van der Waals surface area contributed by atoms with E-state index in [-0.39, 0.29) is 0 Å². The van der Waals surface area contributed by atoms with Crippen LogP contribution in [0.2, 0.25) is 0 Å². The number of allylic oxidation sites excluding steroid dienone is 1. The van der Waals surface area contributed by atoms with Gasteiger partial charge in [-0.15, -0.1) is 10.3 Å². The van der Waals surface area contributed by atoms with Gasteiger partial charge in [0, 0.05) is 0 Å². The number of hydrogen-bond donors (Lipinski definition) is 0. The van der Waals surface area contributed by atoms with Crippen molar-refractivity contribution in [2.75, 3.05) is 6.61 Å². The largest absolute Gasteiger partial charge is 0.250 e. The first-order valence-electron chi connectivity index (χ1n) is 3.54. The summed E-state index contributed by atoms with van der Waals surface area (Å²) in [7, 11) is 0. The van der Waals surface area contributed by atoms with Gasteiger partial charge in [-0.3, -0.25) is 4.84 Å². The molecule has 0 unspecified atom stereocenters. The standard InChI is InChI=1S/C6H9Cl2N3O/c1-2-5-12-10-6(7)3-4-9-11(10)8/h3-4H,2,5H2,1H3. The van der Waals surface area contributed by atoms with E-state index in [2.05, 4.69) is 5.10 Å². The Bertz CT molecular complexity index is 207. The maximum Gasteiger partial charge on any atom is 0.158 e. The Morgan fingerprint density at radius 2 is 2.42 bits per heavy atom. The van der Waals surface area contributed by atoms with E-state index in [1.807, 2.05) is 6.92 Å². The number of hydrazine groups is 1. The molecule has 1 aliphatic rings. The van der Waals surface area contributed by atoms with Gasteiger partial charge >= 0.3 is 0 Å². The summed E-state index contributed by atoms with van der Waals surface area (Å²) in [6.07, 6.45) is 3.96. The molecule has 0 aliphatic carbocycles. The third kappa shape index (κ3) is 2.27. The SMILES string of the molecule is CCCON1C(Cl)=CC=NN1Cl. The zero-order chi connectivity index (χ0) is 8.97. The Balaban J connectivity index is 2.50. The lowest BCUT2D eigenvalue weighted by Crippen LogP contribution is -2.32. The first-order valence-corrected chi connectivity index (χ1v) is 4.26. The number of hydrogen-bond acceptors (Lipinski definition) is 4. The molecular weight excluding hydrogens is 201 g/mol. The molecule has 12 heavy (non-hydrogen) atoms. The van der Waals surface area contributed by atoms with Crippen molar-refractivity contribution >= 4 is 29.6 Å². The van der Waals surface area contributed by atoms with Crippen LogP contribution in [0.15, 0.2) is 16.3 Å². The zero-order valence-corrected chi connectivity index (χ0v) is 8.09. The van der Waals surface area contributed by atoms with Crippen LogP contribution in [0.1, 0.15) is 13.3 Å². The van der Waals surface area contributed by atoms with Gasteiger partial charge in [0.2, 0.25) is 0 Å². The molecule has 0 atom stereocenters. The monoisotopic (exact) mass is 209 g/mol. The molecule has 0 aromatic carbocycles. The summed E-state index contributed by atoms with van der Waals surface area (Å²) in [5, 5.41) is 5.33. The maximum absolute atomic E-state index is 5.76. The van der Waals surface area contributed by atoms with E-state index in [1.165, 1.54) is 11.4 Å². The van der Waals surface area contributed by atoms with Gasteiger partial charge in [-0.05, 0) is 12.5 Å². The fraction of sp³-hybridized carbons (Fsp3) is 0.500. The van der Waals surface area contributed by atoms with E-state index in [4.69, 9.17) is 28.2 Å². The van der Waals surface area contributed by atoms with Crippen LogP contribution >= 0.6 is 23.4 Å². The van der Waals surface area contributed by atoms with Crippen molar-refractivity contribution in [2.45, 2.75) is 13.3 Å². The molecule has 4 nitrogen and oxygen atoms in total. The van der Waals surface area contributed by atoms with Crippen LogP contribution in [-0.2, 0) is 4.84 Å². The average molecular weight is 210 g/mol. The highest BCUT2D eigenvalue weighted by Crippen LogP contribution is 2.18. The van der Waals surface area contributed by atoms with Crippen molar-refractivity contribution in [3.05, 3.63) is 11.2 Å². The summed E-state index contributed by atoms with van der Waals surface area (Å²) < 4.78 is 1.01. The van der Waals surface area contributed by atoms with E-state index in [0.717, 1.165) is 11.1 Å². The molecule has 0 bridgehead atoms. The third-order valence-electron chi connectivity index (χ3n) is 1.12. The van der Waals surface area contributed by atoms with E-state index in [9.17, 15) is 0 Å². The minimum atomic E-state index is 0.383. The summed E-state index contributed by atoms with van der Waals surface area (Å²) in [6.45, 7) is 2.53. The Kier molecular flexibility index (Phi) is 3.65. The van der Waals surface area contributed by atoms with Crippen molar-refractivity contribution in [2.24, 2.45) is 5.10 Å². The second-order valence-electron chi connectivity index (χ2n) is 2.10. The number of rotatable bonds is 3. The molecule has 0 radical (unpaired) electrons. The molecule has 1 aliphatic heterocycles. The molecule has 0 saturated carbocycles. The van der Waals surface area contributed by atoms with Crippen molar-refractivity contribution in [3.63, 3.8) is 0 Å². The van der Waals surface area contributed by atoms with Crippen LogP contribution in [0.4, 0.5) is 0 Å². The average Bonchev–Trinajstić information content (AvgIpc) is 2.04. The van der Waals surface area contributed by atoms with Crippen LogP contribution in [-0.4, -0.2) is 22.6 Å². The highest BCUT2D eigenvalue weighted by Gasteiger charge is 2.16. The van der Waals surface area contributed by atoms with Gasteiger partial charge in [0.15, 0.2) is 5.16 Å². The van der Waals surface area contributed by atoms with Crippen LogP contribution < -0.4 is 0 Å². The predicted molar refractivity (Wildman–Crippen MR) is 48.2 cm³/mol. The van der Waals surface area contributed by atoms with Gasteiger partial charge in [-0.1, -0.05) is 23.2 Å². The molecular formula is C6H9Cl2N3O. The van der Waals surface area contributed by atoms with Crippen molar-refractivity contribution in [3.8, 4) is 0 Å². The summed E-state index contributed by atoms with van der Waals surface area (Å²) in [5.74, 6) is 0. The predicted octanol–water partition coefficient (Wildman–Crippen LogP) is 2.08. The fourth-order valence-corrected chi connectivity index (χ4v) is 1.02. The number of nitrogens with zero attached hydrogens (tertiary/aromatic N) is 3. The highest BCUT2D eigenvalue weighted by atomic mass is 35.5. The molecule has 68 valence electrons. The lowest BCUT2D eigenvalue weighted by atomic mass is 10.5. The second kappa shape index (κ2) is 4.54. The van der Waals surface area contributed by atoms with Gasteiger partial charge in [0.1, 0.15) is 0 Å². The first kappa shape index (κ1) is 9.64. The Hall–Kier alpha value is -0.450. The second-order valence-corrected chi connectivity index (χ2v) is 2.79. The summed E-state index contributed by atoms with van der Waals surface area (Å²) in [4.78, 5) is 5.17. The van der Waals surface area contributed by atoms with E-state index in [0.29, 0.717) is 11.8 Å². The molecule has 0 amide bonds. The van der Waals surface area contributed by atoms with Gasteiger partial charge < -0.3 is 0 Å². The van der Waals surface area contributed by atoms with E-state index >= 15 is 0 Å². The molecule has 0 fully saturated rings. The normalized spacial score (nSPS) is 16.8. The molecule has 0 spiro atoms. The van der Waals surface area contributed by atoms with E-state index < -0.39 is 0 Å².